The van der Waals surface area contributed by atoms with Crippen molar-refractivity contribution in [1.29, 1.82) is 0 Å². The molecule has 2 unspecified atom stereocenters. The molecule has 1 N–H and O–H groups in total. The Morgan fingerprint density at radius 3 is 2.48 bits per heavy atom. The number of esters is 1. The highest BCUT2D eigenvalue weighted by molar-refractivity contribution is 5.86. The van der Waals surface area contributed by atoms with Crippen LogP contribution in [-0.4, -0.2) is 64.7 Å². The highest BCUT2D eigenvalue weighted by Crippen LogP contribution is 2.31. The minimum Gasteiger partial charge on any atom is -0.480 e. The van der Waals surface area contributed by atoms with E-state index in [-0.39, 0.29) is 31.1 Å². The zero-order valence-corrected chi connectivity index (χ0v) is 12.4. The summed E-state index contributed by atoms with van der Waals surface area (Å²) in [6, 6.07) is -1.13. The third kappa shape index (κ3) is 3.46. The first kappa shape index (κ1) is 15.6. The maximum Gasteiger partial charge on any atom is 0.326 e. The summed E-state index contributed by atoms with van der Waals surface area (Å²) in [5.41, 5.74) is 0. The molecular weight excluding hydrogens is 276 g/mol. The molecule has 2 amide bonds. The number of hydrogen-bond donors (Lipinski definition) is 1. The molecular formula is C14H22N2O5. The number of carbonyl (C=O) groups excluding carboxylic acids is 2. The SMILES string of the molecule is CCOC(=O)CN(C(=O)N1CCC(C)C1C(=O)O)C1CC1. The van der Waals surface area contributed by atoms with E-state index in [1.54, 1.807) is 6.92 Å². The lowest BCUT2D eigenvalue weighted by molar-refractivity contribution is -0.144. The van der Waals surface area contributed by atoms with Gasteiger partial charge in [0, 0.05) is 12.6 Å². The molecule has 1 aliphatic carbocycles. The Morgan fingerprint density at radius 1 is 1.29 bits per heavy atom. The molecule has 7 nitrogen and oxygen atoms in total. The van der Waals surface area contributed by atoms with E-state index in [4.69, 9.17) is 4.74 Å². The summed E-state index contributed by atoms with van der Waals surface area (Å²) in [6.07, 6.45) is 2.37. The van der Waals surface area contributed by atoms with Gasteiger partial charge in [0.05, 0.1) is 6.61 Å². The van der Waals surface area contributed by atoms with Gasteiger partial charge in [0.25, 0.3) is 0 Å². The molecule has 1 saturated heterocycles. The van der Waals surface area contributed by atoms with Crippen molar-refractivity contribution >= 4 is 18.0 Å². The van der Waals surface area contributed by atoms with Gasteiger partial charge in [-0.2, -0.15) is 0 Å². The average Bonchev–Trinajstić information content (AvgIpc) is 3.17. The Balaban J connectivity index is 2.07. The highest BCUT2D eigenvalue weighted by Gasteiger charge is 2.44. The number of hydrogen-bond acceptors (Lipinski definition) is 4. The number of rotatable bonds is 5. The maximum atomic E-state index is 12.6. The standard InChI is InChI=1S/C14H22N2O5/c1-3-21-11(17)8-16(10-4-5-10)14(20)15-7-6-9(2)12(15)13(18)19/h9-10,12H,3-8H2,1-2H3,(H,18,19). The number of aliphatic carboxylic acids is 1. The van der Waals surface area contributed by atoms with Gasteiger partial charge in [-0.15, -0.1) is 0 Å². The van der Waals surface area contributed by atoms with Crippen LogP contribution in [0.2, 0.25) is 0 Å². The van der Waals surface area contributed by atoms with Crippen LogP contribution < -0.4 is 0 Å². The van der Waals surface area contributed by atoms with Crippen molar-refractivity contribution in [3.8, 4) is 0 Å². The van der Waals surface area contributed by atoms with Crippen LogP contribution in [0.25, 0.3) is 0 Å². The summed E-state index contributed by atoms with van der Waals surface area (Å²) in [7, 11) is 0. The van der Waals surface area contributed by atoms with Crippen LogP contribution in [0.3, 0.4) is 0 Å². The molecule has 2 rings (SSSR count). The van der Waals surface area contributed by atoms with Gasteiger partial charge in [-0.1, -0.05) is 6.92 Å². The quantitative estimate of drug-likeness (QED) is 0.763. The normalized spacial score (nSPS) is 24.8. The van der Waals surface area contributed by atoms with Crippen LogP contribution in [0.15, 0.2) is 0 Å². The minimum absolute atomic E-state index is 0.0345. The number of carbonyl (C=O) groups is 3. The fourth-order valence-corrected chi connectivity index (χ4v) is 2.79. The predicted octanol–water partition coefficient (Wildman–Crippen LogP) is 0.929. The number of likely N-dealkylation sites (tertiary alicyclic amines) is 1. The topological polar surface area (TPSA) is 87.2 Å². The molecule has 1 heterocycles. The molecule has 2 fully saturated rings. The number of urea groups is 1. The molecule has 118 valence electrons. The van der Waals surface area contributed by atoms with Gasteiger partial charge in [0.1, 0.15) is 12.6 Å². The first-order chi connectivity index (χ1) is 9.95. The minimum atomic E-state index is -0.986. The van der Waals surface area contributed by atoms with Gasteiger partial charge in [-0.05, 0) is 32.1 Å². The molecule has 7 heteroatoms. The lowest BCUT2D eigenvalue weighted by Gasteiger charge is -2.30. The van der Waals surface area contributed by atoms with Crippen molar-refractivity contribution in [3.63, 3.8) is 0 Å². The molecule has 0 aromatic rings. The largest absolute Gasteiger partial charge is 0.480 e. The average molecular weight is 298 g/mol. The van der Waals surface area contributed by atoms with E-state index >= 15 is 0 Å². The van der Waals surface area contributed by atoms with Crippen LogP contribution in [0.1, 0.15) is 33.1 Å². The summed E-state index contributed by atoms with van der Waals surface area (Å²) in [5, 5.41) is 9.30. The number of ether oxygens (including phenoxy) is 1. The number of carboxylic acid groups (broad SMARTS) is 1. The van der Waals surface area contributed by atoms with Gasteiger partial charge in [0.2, 0.25) is 0 Å². The van der Waals surface area contributed by atoms with Crippen molar-refractivity contribution < 1.29 is 24.2 Å². The fourth-order valence-electron chi connectivity index (χ4n) is 2.79. The molecule has 0 spiro atoms. The van der Waals surface area contributed by atoms with Crippen molar-refractivity contribution in [1.82, 2.24) is 9.80 Å². The van der Waals surface area contributed by atoms with Gasteiger partial charge < -0.3 is 19.6 Å². The van der Waals surface area contributed by atoms with Gasteiger partial charge in [-0.25, -0.2) is 9.59 Å². The Kier molecular flexibility index (Phi) is 4.69. The van der Waals surface area contributed by atoms with Crippen LogP contribution >= 0.6 is 0 Å². The Morgan fingerprint density at radius 2 is 1.95 bits per heavy atom. The number of amides is 2. The Bertz CT molecular complexity index is 435. The van der Waals surface area contributed by atoms with E-state index in [1.165, 1.54) is 9.80 Å². The summed E-state index contributed by atoms with van der Waals surface area (Å²) in [4.78, 5) is 38.4. The third-order valence-electron chi connectivity index (χ3n) is 4.04. The van der Waals surface area contributed by atoms with E-state index < -0.39 is 18.0 Å². The molecule has 21 heavy (non-hydrogen) atoms. The number of nitrogens with zero attached hydrogens (tertiary/aromatic N) is 2. The first-order valence-corrected chi connectivity index (χ1v) is 7.41. The van der Waals surface area contributed by atoms with Crippen LogP contribution in [-0.2, 0) is 14.3 Å². The first-order valence-electron chi connectivity index (χ1n) is 7.41. The monoisotopic (exact) mass is 298 g/mol. The molecule has 1 saturated carbocycles. The molecule has 0 radical (unpaired) electrons. The molecule has 2 aliphatic rings. The van der Waals surface area contributed by atoms with Gasteiger partial charge >= 0.3 is 18.0 Å². The fraction of sp³-hybridized carbons (Fsp3) is 0.786. The van der Waals surface area contributed by atoms with E-state index in [0.717, 1.165) is 12.8 Å². The Labute approximate surface area is 123 Å². The van der Waals surface area contributed by atoms with Crippen molar-refractivity contribution in [2.75, 3.05) is 19.7 Å². The molecule has 1 aliphatic heterocycles. The summed E-state index contributed by atoms with van der Waals surface area (Å²) in [6.45, 7) is 4.13. The van der Waals surface area contributed by atoms with Crippen molar-refractivity contribution in [2.24, 2.45) is 5.92 Å². The molecule has 0 aromatic heterocycles. The van der Waals surface area contributed by atoms with Crippen molar-refractivity contribution in [2.45, 2.75) is 45.2 Å². The highest BCUT2D eigenvalue weighted by atomic mass is 16.5. The molecule has 0 aromatic carbocycles. The van der Waals surface area contributed by atoms with Crippen LogP contribution in [0.5, 0.6) is 0 Å². The lowest BCUT2D eigenvalue weighted by Crippen LogP contribution is -2.51. The summed E-state index contributed by atoms with van der Waals surface area (Å²) in [5.74, 6) is -1.51. The van der Waals surface area contributed by atoms with E-state index in [0.29, 0.717) is 13.0 Å². The Hall–Kier alpha value is -1.79. The number of carboxylic acids is 1. The van der Waals surface area contributed by atoms with E-state index in [1.807, 2.05) is 6.92 Å². The van der Waals surface area contributed by atoms with E-state index in [9.17, 15) is 19.5 Å². The second-order valence-corrected chi connectivity index (χ2v) is 5.69. The second-order valence-electron chi connectivity index (χ2n) is 5.69. The van der Waals surface area contributed by atoms with Crippen LogP contribution in [0, 0.1) is 5.92 Å². The smallest absolute Gasteiger partial charge is 0.326 e. The maximum absolute atomic E-state index is 12.6. The second kappa shape index (κ2) is 6.32. The summed E-state index contributed by atoms with van der Waals surface area (Å²) < 4.78 is 4.89. The van der Waals surface area contributed by atoms with Gasteiger partial charge in [-0.3, -0.25) is 4.79 Å². The zero-order chi connectivity index (χ0) is 15.6. The van der Waals surface area contributed by atoms with E-state index in [2.05, 4.69) is 0 Å². The summed E-state index contributed by atoms with van der Waals surface area (Å²) >= 11 is 0. The zero-order valence-electron chi connectivity index (χ0n) is 12.4. The lowest BCUT2D eigenvalue weighted by atomic mass is 10.0. The van der Waals surface area contributed by atoms with Crippen LogP contribution in [0.4, 0.5) is 4.79 Å². The molecule has 2 atom stereocenters. The molecule has 0 bridgehead atoms. The van der Waals surface area contributed by atoms with Crippen molar-refractivity contribution in [3.05, 3.63) is 0 Å². The predicted molar refractivity (Wildman–Crippen MR) is 73.7 cm³/mol. The third-order valence-corrected chi connectivity index (χ3v) is 4.04. The van der Waals surface area contributed by atoms with Gasteiger partial charge in [0.15, 0.2) is 0 Å².